The maximum Gasteiger partial charge on any atom is 0.419 e. The number of anilines is 5. The lowest BCUT2D eigenvalue weighted by Crippen LogP contribution is -2.36. The molecular weight excluding hydrogens is 1830 g/mol. The molecular formula is C83H111ClF8N30O12S. The number of nitrogen functional groups attached to an aromatic ring is 1. The SMILES string of the molecule is CCOC(=O)CC#N.CNCCN(C)C.Cc1nn(C)c(N)c1C=O.Cc1nn(C)c2[nH]c(=O)c(C#N)cc12.Cc1nn(C)c2nc(N(C)CCN(C)C)c(C#N)cc12.Cc1nn(C)c2nc(N(C)CCN(C)C)c(C(=O)NC(=O)Nc3ccc(F)c(C(F)(F)F)c3)cc12.Cc1nn(C)c2nc(N(C)CCN(C)C)c(C(N)=O)cc12.Cl.O=C=Nc1ccc(F)c(C(F)(F)F)c1.O=S(=O)(O)O. The number of aromatic amines is 1. The summed E-state index contributed by atoms with van der Waals surface area (Å²) in [7, 11) is 27.8. The number of isocyanates is 1. The number of ether oxygens (including phenoxy) is 1. The Labute approximate surface area is 779 Å². The molecule has 0 fully saturated rings. The highest BCUT2D eigenvalue weighted by Gasteiger charge is 2.36. The fourth-order valence-electron chi connectivity index (χ4n) is 11.6. The van der Waals surface area contributed by atoms with Gasteiger partial charge in [-0.15, -0.1) is 12.4 Å². The third kappa shape index (κ3) is 36.4. The van der Waals surface area contributed by atoms with Crippen LogP contribution in [0, 0.1) is 80.2 Å². The number of aldehydes is 1. The van der Waals surface area contributed by atoms with E-state index >= 15 is 0 Å². The summed E-state index contributed by atoms with van der Waals surface area (Å²) in [6.45, 7) is 17.9. The number of nitrogens with one attached hydrogen (secondary N) is 4. The molecule has 135 heavy (non-hydrogen) atoms. The standard InChI is InChI=1S/C22H25F4N7O2.C14H22N6O.C14H20N6.C9H8N4O.C8H3F4NO.C6H9N3O.C5H14N2.C5H7NO2.ClH.H2O4S/c1-12-14-11-15(18(28-19(14)33(5)30-12)32(4)9-8-31(2)3)20(34)29-21(35)27-13-6-7-17(23)16(10-13)22(24,25)26;1-9-10-8-11(12(15)21)13(16-14(10)20(5)17-9)19(4)7-6-18(2)3;1-10-12-8-11(9-15)13(16-14(12)20(5)17-10)19(4)7-6-18(2)3;1-5-7-3-6(4-10)9(14)11-8(7)13(2)12-5;9-7-2-1-5(13-4-14)3-6(7)8(10,11)12;1-4-5(3-10)6(7)9(2)8-4;1-6-4-5-7(2)3;1-2-8-5(7)3-4-6;;1-5(2,3)4/h6-7,10-11H,8-9H2,1-5H3,(H2,27,29,34,35);8H,6-7H2,1-5H3,(H2,15,21);8H,6-7H2,1-5H3;3H,1-2H3,(H,11,14);1-3H;3H,7H2,1-2H3;6H,4-5H2,1-3H3;2-3H2,1H3;1H;(H2,1,2,3,4). The Morgan fingerprint density at radius 1 is 0.585 bits per heavy atom. The van der Waals surface area contributed by atoms with E-state index in [0.717, 1.165) is 108 Å². The lowest BCUT2D eigenvalue weighted by atomic mass is 10.1. The third-order valence-electron chi connectivity index (χ3n) is 18.4. The van der Waals surface area contributed by atoms with Crippen LogP contribution in [-0.4, -0.2) is 286 Å². The van der Waals surface area contributed by atoms with Gasteiger partial charge in [0, 0.05) is 136 Å². The summed E-state index contributed by atoms with van der Waals surface area (Å²) < 4.78 is 145. The van der Waals surface area contributed by atoms with Crippen LogP contribution in [0.1, 0.15) is 95.1 Å². The molecule has 0 spiro atoms. The smallest absolute Gasteiger partial charge is 0.419 e. The molecule has 9 heterocycles. The Balaban J connectivity index is 0.000000543. The molecule has 0 bridgehead atoms. The Kier molecular flexibility index (Phi) is 46.4. The number of H-pyrrole nitrogens is 1. The molecule has 11 aromatic rings. The number of aromatic nitrogens is 14. The second-order valence-corrected chi connectivity index (χ2v) is 31.0. The zero-order valence-electron chi connectivity index (χ0n) is 78.6. The number of likely N-dealkylation sites (N-methyl/N-ethyl adjacent to an activating group) is 8. The minimum atomic E-state index is -4.94. The van der Waals surface area contributed by atoms with Crippen molar-refractivity contribution < 1.29 is 86.2 Å². The average molecular weight is 1940 g/mol. The summed E-state index contributed by atoms with van der Waals surface area (Å²) in [6, 6.07) is 15.5. The lowest BCUT2D eigenvalue weighted by Gasteiger charge is -2.23. The number of alkyl halides is 6. The van der Waals surface area contributed by atoms with Gasteiger partial charge in [0.1, 0.15) is 64.7 Å². The van der Waals surface area contributed by atoms with Gasteiger partial charge in [-0.05, 0) is 166 Å². The first kappa shape index (κ1) is 117. The number of halogens is 9. The average Bonchev–Trinajstić information content (AvgIpc) is 1.65. The minimum Gasteiger partial charge on any atom is -0.465 e. The number of nitriles is 3. The van der Waals surface area contributed by atoms with E-state index in [1.165, 1.54) is 4.68 Å². The molecule has 52 heteroatoms. The van der Waals surface area contributed by atoms with Gasteiger partial charge in [0.05, 0.1) is 80.2 Å². The summed E-state index contributed by atoms with van der Waals surface area (Å²) in [4.78, 5) is 112. The summed E-state index contributed by atoms with van der Waals surface area (Å²) >= 11 is 0. The van der Waals surface area contributed by atoms with Crippen molar-refractivity contribution in [1.29, 1.82) is 15.8 Å². The highest BCUT2D eigenvalue weighted by molar-refractivity contribution is 7.79. The summed E-state index contributed by atoms with van der Waals surface area (Å²) in [5, 5.41) is 57.5. The van der Waals surface area contributed by atoms with Crippen LogP contribution in [0.4, 0.5) is 74.6 Å². The van der Waals surface area contributed by atoms with Crippen molar-refractivity contribution in [3.05, 3.63) is 150 Å². The first-order valence-electron chi connectivity index (χ1n) is 39.8. The fraction of sp³-hybridized carbons (Fsp3) is 0.422. The van der Waals surface area contributed by atoms with Crippen molar-refractivity contribution in [2.75, 3.05) is 169 Å². The van der Waals surface area contributed by atoms with E-state index < -0.39 is 69.3 Å². The number of nitrogens with zero attached hydrogens (tertiary/aromatic N) is 24. The number of hydrogen-bond acceptors (Lipinski definition) is 31. The van der Waals surface area contributed by atoms with Crippen LogP contribution < -0.4 is 47.7 Å². The van der Waals surface area contributed by atoms with Crippen LogP contribution in [0.5, 0.6) is 0 Å². The monoisotopic (exact) mass is 1940 g/mol. The van der Waals surface area contributed by atoms with Gasteiger partial charge in [-0.25, -0.2) is 33.3 Å². The van der Waals surface area contributed by atoms with Gasteiger partial charge < -0.3 is 66.1 Å². The first-order valence-corrected chi connectivity index (χ1v) is 41.2. The number of amides is 4. The summed E-state index contributed by atoms with van der Waals surface area (Å²) in [6.07, 6.45) is -8.09. The van der Waals surface area contributed by atoms with Crippen LogP contribution in [0.15, 0.2) is 70.5 Å². The Morgan fingerprint density at radius 3 is 1.37 bits per heavy atom. The molecule has 2 aromatic carbocycles. The molecule has 0 aliphatic carbocycles. The number of imide groups is 1. The molecule has 734 valence electrons. The molecule has 0 aliphatic heterocycles. The van der Waals surface area contributed by atoms with Gasteiger partial charge in [-0.1, -0.05) is 0 Å². The topological polar surface area (TPSA) is 541 Å². The van der Waals surface area contributed by atoms with Crippen molar-refractivity contribution in [1.82, 2.24) is 99.1 Å². The predicted molar refractivity (Wildman–Crippen MR) is 495 cm³/mol. The molecule has 0 atom stereocenters. The van der Waals surface area contributed by atoms with Gasteiger partial charge in [-0.2, -0.15) is 81.0 Å². The van der Waals surface area contributed by atoms with Crippen LogP contribution >= 0.6 is 12.4 Å². The molecule has 4 amide bonds. The van der Waals surface area contributed by atoms with Crippen LogP contribution in [0.3, 0.4) is 0 Å². The van der Waals surface area contributed by atoms with Crippen molar-refractivity contribution >= 4 is 138 Å². The summed E-state index contributed by atoms with van der Waals surface area (Å²) in [5.74, 6) is -2.58. The molecule has 0 saturated carbocycles. The van der Waals surface area contributed by atoms with E-state index in [2.05, 4.69) is 106 Å². The van der Waals surface area contributed by atoms with Gasteiger partial charge >= 0.3 is 34.8 Å². The predicted octanol–water partition coefficient (Wildman–Crippen LogP) is 8.29. The zero-order valence-corrected chi connectivity index (χ0v) is 80.3. The van der Waals surface area contributed by atoms with Crippen molar-refractivity contribution in [2.45, 2.75) is 60.3 Å². The quantitative estimate of drug-likeness (QED) is 0.00789. The molecule has 9 aromatic heterocycles. The van der Waals surface area contributed by atoms with Crippen LogP contribution in [0.25, 0.3) is 44.1 Å². The lowest BCUT2D eigenvalue weighted by molar-refractivity contribution is -0.142. The number of carbonyl (C=O) groups is 5. The number of benzene rings is 2. The number of esters is 1. The van der Waals surface area contributed by atoms with Crippen LogP contribution in [-0.2, 0) is 72.3 Å². The van der Waals surface area contributed by atoms with E-state index in [0.29, 0.717) is 112 Å². The number of pyridine rings is 4. The number of aliphatic imine (C=N–C) groups is 1. The highest BCUT2D eigenvalue weighted by atomic mass is 35.5. The maximum absolute atomic E-state index is 13.5. The third-order valence-corrected chi connectivity index (χ3v) is 18.4. The van der Waals surface area contributed by atoms with Crippen LogP contribution in [0.2, 0.25) is 0 Å². The number of urea groups is 1. The number of nitrogens with two attached hydrogens (primary N) is 2. The second-order valence-electron chi connectivity index (χ2n) is 30.2. The normalized spacial score (nSPS) is 10.8. The second kappa shape index (κ2) is 53.6. The Hall–Kier alpha value is -14.1. The Morgan fingerprint density at radius 2 is 0.985 bits per heavy atom. The number of primary amides is 1. The van der Waals surface area contributed by atoms with E-state index in [1.54, 1.807) is 96.9 Å². The van der Waals surface area contributed by atoms with Crippen molar-refractivity contribution in [3.8, 4) is 18.2 Å². The zero-order chi connectivity index (χ0) is 102. The number of hydrogen-bond donors (Lipinski definition) is 8. The van der Waals surface area contributed by atoms with E-state index in [9.17, 15) is 73.9 Å². The first-order chi connectivity index (χ1) is 62.3. The summed E-state index contributed by atoms with van der Waals surface area (Å²) in [5.41, 5.74) is 15.3. The van der Waals surface area contributed by atoms with Gasteiger partial charge in [0.15, 0.2) is 23.2 Å². The van der Waals surface area contributed by atoms with Gasteiger partial charge in [-0.3, -0.25) is 61.8 Å². The minimum absolute atomic E-state index is 0. The fourth-order valence-corrected chi connectivity index (χ4v) is 11.6. The van der Waals surface area contributed by atoms with Gasteiger partial charge in [0.25, 0.3) is 17.4 Å². The maximum atomic E-state index is 13.5. The van der Waals surface area contributed by atoms with Crippen molar-refractivity contribution in [2.24, 2.45) is 46.0 Å². The largest absolute Gasteiger partial charge is 0.465 e. The highest BCUT2D eigenvalue weighted by Crippen LogP contribution is 2.36. The van der Waals surface area contributed by atoms with Crippen molar-refractivity contribution in [3.63, 3.8) is 0 Å². The number of fused-ring (bicyclic) bond motifs is 4. The molecule has 0 unspecified atom stereocenters. The Bertz CT molecular complexity index is 6280. The molecule has 11 rings (SSSR count). The number of carbonyl (C=O) groups excluding carboxylic acids is 6. The molecule has 42 nitrogen and oxygen atoms in total. The molecule has 0 saturated heterocycles. The molecule has 0 aliphatic rings. The molecule has 0 radical (unpaired) electrons. The van der Waals surface area contributed by atoms with Gasteiger partial charge in [0.2, 0.25) is 6.08 Å². The number of rotatable bonds is 22. The molecule has 10 N–H and O–H groups in total. The van der Waals surface area contributed by atoms with E-state index in [1.807, 2.05) is 125 Å². The number of aryl methyl sites for hydroxylation is 10. The van der Waals surface area contributed by atoms with E-state index in [-0.39, 0.29) is 46.9 Å². The van der Waals surface area contributed by atoms with E-state index in [4.69, 9.17) is 39.5 Å².